The fraction of sp³-hybridized carbons (Fsp3) is 0.308. The van der Waals surface area contributed by atoms with Gasteiger partial charge in [-0.1, -0.05) is 30.3 Å². The Morgan fingerprint density at radius 1 is 1.47 bits per heavy atom. The molecule has 17 heavy (non-hydrogen) atoms. The van der Waals surface area contributed by atoms with E-state index in [1.807, 2.05) is 30.3 Å². The zero-order valence-corrected chi connectivity index (χ0v) is 10.5. The standard InChI is InChI=1S/C13H15NO2S/c1-2-16-13(15)11-10(8-17-12(11)14)9-6-4-3-5-7-9/h3-7,10H,2,8,14H2,1H3. The van der Waals surface area contributed by atoms with Crippen LogP contribution < -0.4 is 5.73 Å². The molecule has 0 amide bonds. The summed E-state index contributed by atoms with van der Waals surface area (Å²) in [7, 11) is 0. The number of ether oxygens (including phenoxy) is 1. The average Bonchev–Trinajstić information content (AvgIpc) is 2.73. The van der Waals surface area contributed by atoms with Gasteiger partial charge in [0.05, 0.1) is 17.2 Å². The van der Waals surface area contributed by atoms with E-state index in [0.29, 0.717) is 17.2 Å². The highest BCUT2D eigenvalue weighted by Crippen LogP contribution is 2.39. The minimum absolute atomic E-state index is 0.0558. The first kappa shape index (κ1) is 12.0. The molecule has 0 saturated heterocycles. The third kappa shape index (κ3) is 2.47. The van der Waals surface area contributed by atoms with Crippen molar-refractivity contribution in [3.63, 3.8) is 0 Å². The van der Waals surface area contributed by atoms with Crippen molar-refractivity contribution in [3.05, 3.63) is 46.5 Å². The molecule has 0 aromatic heterocycles. The van der Waals surface area contributed by atoms with E-state index in [-0.39, 0.29) is 11.9 Å². The lowest BCUT2D eigenvalue weighted by Gasteiger charge is -2.13. The second kappa shape index (κ2) is 5.27. The second-order valence-electron chi connectivity index (χ2n) is 3.77. The van der Waals surface area contributed by atoms with Crippen molar-refractivity contribution in [3.8, 4) is 0 Å². The Labute approximate surface area is 105 Å². The predicted octanol–water partition coefficient (Wildman–Crippen LogP) is 2.25. The number of benzene rings is 1. The first-order valence-corrected chi connectivity index (χ1v) is 6.57. The molecule has 2 N–H and O–H groups in total. The van der Waals surface area contributed by atoms with Crippen molar-refractivity contribution in [2.24, 2.45) is 5.73 Å². The zero-order valence-electron chi connectivity index (χ0n) is 9.68. The van der Waals surface area contributed by atoms with Gasteiger partial charge in [0.25, 0.3) is 0 Å². The number of thioether (sulfide) groups is 1. The van der Waals surface area contributed by atoms with Gasteiger partial charge in [-0.05, 0) is 12.5 Å². The van der Waals surface area contributed by atoms with Gasteiger partial charge in [-0.15, -0.1) is 11.8 Å². The van der Waals surface area contributed by atoms with E-state index in [2.05, 4.69) is 0 Å². The van der Waals surface area contributed by atoms with Crippen molar-refractivity contribution in [1.29, 1.82) is 0 Å². The molecule has 0 radical (unpaired) electrons. The SMILES string of the molecule is CCOC(=O)C1=C(N)SCC1c1ccccc1. The van der Waals surface area contributed by atoms with Crippen LogP contribution in [0.1, 0.15) is 18.4 Å². The molecule has 3 nitrogen and oxygen atoms in total. The van der Waals surface area contributed by atoms with Gasteiger partial charge in [0.1, 0.15) is 0 Å². The number of nitrogens with two attached hydrogens (primary N) is 1. The summed E-state index contributed by atoms with van der Waals surface area (Å²) < 4.78 is 5.06. The topological polar surface area (TPSA) is 52.3 Å². The Kier molecular flexibility index (Phi) is 3.74. The summed E-state index contributed by atoms with van der Waals surface area (Å²) in [5, 5.41) is 0.595. The molecule has 0 fully saturated rings. The maximum atomic E-state index is 11.9. The quantitative estimate of drug-likeness (QED) is 0.835. The first-order valence-electron chi connectivity index (χ1n) is 5.58. The van der Waals surface area contributed by atoms with Crippen molar-refractivity contribution >= 4 is 17.7 Å². The summed E-state index contributed by atoms with van der Waals surface area (Å²) >= 11 is 1.52. The van der Waals surface area contributed by atoms with E-state index >= 15 is 0 Å². The first-order chi connectivity index (χ1) is 8.24. The third-order valence-electron chi connectivity index (χ3n) is 2.72. The van der Waals surface area contributed by atoms with Crippen LogP contribution in [0.25, 0.3) is 0 Å². The van der Waals surface area contributed by atoms with Crippen molar-refractivity contribution in [2.45, 2.75) is 12.8 Å². The Balaban J connectivity index is 2.28. The molecular weight excluding hydrogens is 234 g/mol. The van der Waals surface area contributed by atoms with Gasteiger partial charge in [-0.25, -0.2) is 4.79 Å². The van der Waals surface area contributed by atoms with Crippen molar-refractivity contribution in [1.82, 2.24) is 0 Å². The van der Waals surface area contributed by atoms with Crippen LogP contribution in [-0.4, -0.2) is 18.3 Å². The van der Waals surface area contributed by atoms with Crippen molar-refractivity contribution in [2.75, 3.05) is 12.4 Å². The molecule has 1 unspecified atom stereocenters. The minimum Gasteiger partial charge on any atom is -0.463 e. The summed E-state index contributed by atoms with van der Waals surface area (Å²) in [6, 6.07) is 9.93. The van der Waals surface area contributed by atoms with E-state index in [4.69, 9.17) is 10.5 Å². The van der Waals surface area contributed by atoms with Gasteiger partial charge in [0, 0.05) is 11.7 Å². The van der Waals surface area contributed by atoms with Crippen LogP contribution in [0.4, 0.5) is 0 Å². The molecule has 1 aromatic rings. The second-order valence-corrected chi connectivity index (χ2v) is 4.83. The lowest BCUT2D eigenvalue weighted by atomic mass is 9.93. The molecule has 2 rings (SSSR count). The highest BCUT2D eigenvalue weighted by Gasteiger charge is 2.32. The van der Waals surface area contributed by atoms with Crippen LogP contribution >= 0.6 is 11.8 Å². The zero-order chi connectivity index (χ0) is 12.3. The van der Waals surface area contributed by atoms with Gasteiger partial charge < -0.3 is 10.5 Å². The predicted molar refractivity (Wildman–Crippen MR) is 69.5 cm³/mol. The third-order valence-corrected chi connectivity index (χ3v) is 3.75. The molecule has 0 saturated carbocycles. The van der Waals surface area contributed by atoms with Crippen LogP contribution in [0.15, 0.2) is 40.9 Å². The fourth-order valence-electron chi connectivity index (χ4n) is 1.91. The molecule has 1 aliphatic heterocycles. The number of rotatable bonds is 3. The van der Waals surface area contributed by atoms with Crippen molar-refractivity contribution < 1.29 is 9.53 Å². The molecule has 0 aliphatic carbocycles. The van der Waals surface area contributed by atoms with Gasteiger partial charge in [-0.2, -0.15) is 0 Å². The summed E-state index contributed by atoms with van der Waals surface area (Å²) in [5.74, 6) is 0.577. The lowest BCUT2D eigenvalue weighted by Crippen LogP contribution is -2.15. The Morgan fingerprint density at radius 3 is 2.82 bits per heavy atom. The lowest BCUT2D eigenvalue weighted by molar-refractivity contribution is -0.138. The molecule has 90 valence electrons. The van der Waals surface area contributed by atoms with E-state index in [1.165, 1.54) is 11.8 Å². The van der Waals surface area contributed by atoms with Gasteiger partial charge in [0.15, 0.2) is 0 Å². The molecule has 0 bridgehead atoms. The highest BCUT2D eigenvalue weighted by atomic mass is 32.2. The summed E-state index contributed by atoms with van der Waals surface area (Å²) in [4.78, 5) is 11.9. The van der Waals surface area contributed by atoms with Crippen LogP contribution in [0.5, 0.6) is 0 Å². The monoisotopic (exact) mass is 249 g/mol. The minimum atomic E-state index is -0.288. The molecule has 1 aromatic carbocycles. The molecular formula is C13H15NO2S. The number of esters is 1. The average molecular weight is 249 g/mol. The molecule has 1 heterocycles. The maximum absolute atomic E-state index is 11.9. The van der Waals surface area contributed by atoms with E-state index in [0.717, 1.165) is 11.3 Å². The largest absolute Gasteiger partial charge is 0.463 e. The van der Waals surface area contributed by atoms with Gasteiger partial charge in [0.2, 0.25) is 0 Å². The summed E-state index contributed by atoms with van der Waals surface area (Å²) in [6.07, 6.45) is 0. The van der Waals surface area contributed by atoms with Crippen LogP contribution in [0.2, 0.25) is 0 Å². The smallest absolute Gasteiger partial charge is 0.337 e. The van der Waals surface area contributed by atoms with E-state index < -0.39 is 0 Å². The molecule has 1 atom stereocenters. The van der Waals surface area contributed by atoms with Gasteiger partial charge in [-0.3, -0.25) is 0 Å². The number of hydrogen-bond acceptors (Lipinski definition) is 4. The summed E-state index contributed by atoms with van der Waals surface area (Å²) in [5.41, 5.74) is 7.61. The Morgan fingerprint density at radius 2 is 2.18 bits per heavy atom. The van der Waals surface area contributed by atoms with Crippen LogP contribution in [0.3, 0.4) is 0 Å². The summed E-state index contributed by atoms with van der Waals surface area (Å²) in [6.45, 7) is 2.18. The van der Waals surface area contributed by atoms with Crippen LogP contribution in [0, 0.1) is 0 Å². The maximum Gasteiger partial charge on any atom is 0.337 e. The molecule has 4 heteroatoms. The number of carbonyl (C=O) groups is 1. The number of hydrogen-bond donors (Lipinski definition) is 1. The Hall–Kier alpha value is -1.42. The van der Waals surface area contributed by atoms with Gasteiger partial charge >= 0.3 is 5.97 Å². The highest BCUT2D eigenvalue weighted by molar-refractivity contribution is 8.03. The normalized spacial score (nSPS) is 19.5. The van der Waals surface area contributed by atoms with E-state index in [1.54, 1.807) is 6.92 Å². The van der Waals surface area contributed by atoms with E-state index in [9.17, 15) is 4.79 Å². The Bertz CT molecular complexity index is 442. The molecule has 1 aliphatic rings. The van der Waals surface area contributed by atoms with Crippen LogP contribution in [-0.2, 0) is 9.53 Å². The molecule has 0 spiro atoms. The fourth-order valence-corrected chi connectivity index (χ4v) is 2.99. The number of carbonyl (C=O) groups excluding carboxylic acids is 1.